The molecule has 17 heteroatoms. The molecular weight excluding hydrogens is 662 g/mol. The lowest BCUT2D eigenvalue weighted by atomic mass is 9.75. The van der Waals surface area contributed by atoms with Crippen LogP contribution in [0.1, 0.15) is 76.2 Å². The standard InChI is InChI=1S/C34H50B2N4O11/c37-13-1-2-14-48-27-15-23(18-32(42)39-29-7-3-5-25(20-33(43)44)49-35(29)47)16-28(19-27)51-36-30(8-4-6-26(50-36)21-34(45)46)40-31(41)17-22-9-11-24(38)12-10-22/h3-6,15-16,19,22,24-26,29-30,47H,1-2,7-14,17-18,20-21,37-38H2,(H,39,42)(H,40,41)(H,43,44)(H,45,46)/t22-,24-,25-,26-,29+,30+/m1/s1. The maximum atomic E-state index is 13.2. The Hall–Kier alpha value is -3.89. The van der Waals surface area contributed by atoms with E-state index in [1.165, 1.54) is 0 Å². The van der Waals surface area contributed by atoms with Crippen molar-refractivity contribution >= 4 is 38.0 Å². The van der Waals surface area contributed by atoms with Crippen LogP contribution in [0.25, 0.3) is 0 Å². The summed E-state index contributed by atoms with van der Waals surface area (Å²) in [6, 6.07) is 5.12. The molecule has 278 valence electrons. The molecule has 9 N–H and O–H groups in total. The Morgan fingerprint density at radius 2 is 1.45 bits per heavy atom. The molecule has 3 aliphatic rings. The predicted molar refractivity (Wildman–Crippen MR) is 188 cm³/mol. The number of carboxylic acid groups (broad SMARTS) is 2. The van der Waals surface area contributed by atoms with Gasteiger partial charge in [-0.1, -0.05) is 24.3 Å². The summed E-state index contributed by atoms with van der Waals surface area (Å²) in [4.78, 5) is 49.1. The van der Waals surface area contributed by atoms with E-state index in [1.54, 1.807) is 42.5 Å². The summed E-state index contributed by atoms with van der Waals surface area (Å²) in [6.45, 7) is 0.865. The van der Waals surface area contributed by atoms with Gasteiger partial charge in [-0.15, -0.1) is 0 Å². The number of nitrogens with two attached hydrogens (primary N) is 2. The van der Waals surface area contributed by atoms with E-state index in [0.717, 1.165) is 32.1 Å². The van der Waals surface area contributed by atoms with E-state index in [2.05, 4.69) is 10.6 Å². The number of carbonyl (C=O) groups is 4. The summed E-state index contributed by atoms with van der Waals surface area (Å²) in [7, 11) is -2.50. The largest absolute Gasteiger partial charge is 0.550 e. The summed E-state index contributed by atoms with van der Waals surface area (Å²) < 4.78 is 23.9. The first-order valence-electron chi connectivity index (χ1n) is 17.7. The molecule has 4 rings (SSSR count). The Kier molecular flexibility index (Phi) is 15.8. The summed E-state index contributed by atoms with van der Waals surface area (Å²) in [5.41, 5.74) is 12.2. The van der Waals surface area contributed by atoms with Gasteiger partial charge >= 0.3 is 26.2 Å². The fourth-order valence-corrected chi connectivity index (χ4v) is 6.37. The van der Waals surface area contributed by atoms with Gasteiger partial charge in [0, 0.05) is 18.5 Å². The Labute approximate surface area is 298 Å². The molecule has 0 aromatic heterocycles. The normalized spacial score (nSPS) is 25.0. The Morgan fingerprint density at radius 1 is 0.824 bits per heavy atom. The molecule has 4 atom stereocenters. The van der Waals surface area contributed by atoms with Crippen LogP contribution >= 0.6 is 0 Å². The lowest BCUT2D eigenvalue weighted by molar-refractivity contribution is -0.139. The van der Waals surface area contributed by atoms with Crippen LogP contribution in [0.2, 0.25) is 0 Å². The smallest absolute Gasteiger partial charge is 0.535 e. The third-order valence-electron chi connectivity index (χ3n) is 9.01. The number of ether oxygens (including phenoxy) is 1. The zero-order valence-corrected chi connectivity index (χ0v) is 28.8. The minimum Gasteiger partial charge on any atom is -0.535 e. The van der Waals surface area contributed by atoms with Crippen LogP contribution in [0.3, 0.4) is 0 Å². The summed E-state index contributed by atoms with van der Waals surface area (Å²) in [6.07, 6.45) is 10.1. The van der Waals surface area contributed by atoms with Crippen LogP contribution in [0.15, 0.2) is 42.5 Å². The molecular formula is C34H50B2N4O11. The second-order valence-corrected chi connectivity index (χ2v) is 13.4. The topological polar surface area (TPSA) is 242 Å². The van der Waals surface area contributed by atoms with Gasteiger partial charge < -0.3 is 56.0 Å². The van der Waals surface area contributed by atoms with E-state index in [0.29, 0.717) is 43.7 Å². The fraction of sp³-hybridized carbons (Fsp3) is 0.588. The lowest BCUT2D eigenvalue weighted by Gasteiger charge is -2.28. The highest BCUT2D eigenvalue weighted by Gasteiger charge is 2.38. The number of rotatable bonds is 17. The number of amides is 2. The fourth-order valence-electron chi connectivity index (χ4n) is 6.37. The second kappa shape index (κ2) is 20.2. The summed E-state index contributed by atoms with van der Waals surface area (Å²) in [5, 5.41) is 34.9. The number of carboxylic acids is 2. The predicted octanol–water partition coefficient (Wildman–Crippen LogP) is 1.29. The maximum Gasteiger partial charge on any atom is 0.550 e. The Bertz CT molecular complexity index is 1390. The van der Waals surface area contributed by atoms with Crippen LogP contribution < -0.4 is 31.5 Å². The van der Waals surface area contributed by atoms with Crippen LogP contribution in [-0.4, -0.2) is 96.5 Å². The maximum absolute atomic E-state index is 13.2. The van der Waals surface area contributed by atoms with Crippen molar-refractivity contribution in [1.29, 1.82) is 0 Å². The minimum atomic E-state index is -1.42. The third-order valence-corrected chi connectivity index (χ3v) is 9.01. The summed E-state index contributed by atoms with van der Waals surface area (Å²) in [5.74, 6) is -3.29. The molecule has 51 heavy (non-hydrogen) atoms. The van der Waals surface area contributed by atoms with Crippen molar-refractivity contribution in [2.45, 2.75) is 107 Å². The molecule has 0 unspecified atom stereocenters. The van der Waals surface area contributed by atoms with Gasteiger partial charge in [-0.3, -0.25) is 19.2 Å². The van der Waals surface area contributed by atoms with E-state index in [4.69, 9.17) is 35.3 Å². The van der Waals surface area contributed by atoms with Crippen LogP contribution in [0.4, 0.5) is 0 Å². The molecule has 15 nitrogen and oxygen atoms in total. The molecule has 2 heterocycles. The van der Waals surface area contributed by atoms with Crippen molar-refractivity contribution in [3.05, 3.63) is 48.1 Å². The molecule has 1 fully saturated rings. The first-order valence-corrected chi connectivity index (χ1v) is 17.7. The zero-order valence-electron chi connectivity index (χ0n) is 28.8. The minimum absolute atomic E-state index is 0.137. The van der Waals surface area contributed by atoms with Crippen molar-refractivity contribution < 1.29 is 53.1 Å². The monoisotopic (exact) mass is 712 g/mol. The highest BCUT2D eigenvalue weighted by molar-refractivity contribution is 6.48. The van der Waals surface area contributed by atoms with Crippen LogP contribution in [0, 0.1) is 5.92 Å². The number of hydrogen-bond donors (Lipinski definition) is 7. The average Bonchev–Trinajstić information content (AvgIpc) is 3.34. The van der Waals surface area contributed by atoms with Crippen molar-refractivity contribution in [3.63, 3.8) is 0 Å². The number of unbranched alkanes of at least 4 members (excludes halogenated alkanes) is 1. The molecule has 0 bridgehead atoms. The number of carbonyl (C=O) groups excluding carboxylic acids is 2. The average molecular weight is 712 g/mol. The third kappa shape index (κ3) is 14.0. The SMILES string of the molecule is NCCCCOc1cc(CC(=O)N[C@H]2CC=C[C@H](CC(=O)O)OB2O)cc(OB2O[C@@H](CC(=O)O)C=CC[C@@H]2NC(=O)C[C@H]2CC[C@H](N)CC2)c1. The Morgan fingerprint density at radius 3 is 2.12 bits per heavy atom. The van der Waals surface area contributed by atoms with E-state index >= 15 is 0 Å². The molecule has 0 saturated heterocycles. The highest BCUT2D eigenvalue weighted by Crippen LogP contribution is 2.28. The van der Waals surface area contributed by atoms with Crippen molar-refractivity contribution in [2.24, 2.45) is 17.4 Å². The molecule has 2 aliphatic heterocycles. The van der Waals surface area contributed by atoms with Gasteiger partial charge in [0.2, 0.25) is 11.8 Å². The van der Waals surface area contributed by atoms with E-state index < -0.39 is 56.2 Å². The number of hydrogen-bond acceptors (Lipinski definition) is 11. The van der Waals surface area contributed by atoms with E-state index in [9.17, 15) is 29.3 Å². The molecule has 0 radical (unpaired) electrons. The number of aliphatic carboxylic acids is 2. The quantitative estimate of drug-likeness (QED) is 0.0685. The van der Waals surface area contributed by atoms with Gasteiger partial charge in [-0.05, 0) is 81.5 Å². The van der Waals surface area contributed by atoms with Gasteiger partial charge in [0.05, 0.1) is 50.0 Å². The van der Waals surface area contributed by atoms with Crippen molar-refractivity contribution in [1.82, 2.24) is 10.6 Å². The second-order valence-electron chi connectivity index (χ2n) is 13.4. The van der Waals surface area contributed by atoms with Crippen molar-refractivity contribution in [2.75, 3.05) is 13.2 Å². The molecule has 1 aromatic rings. The highest BCUT2D eigenvalue weighted by atomic mass is 16.6. The van der Waals surface area contributed by atoms with E-state index in [-0.39, 0.29) is 49.3 Å². The van der Waals surface area contributed by atoms with Gasteiger partial charge in [-0.2, -0.15) is 0 Å². The zero-order chi connectivity index (χ0) is 36.8. The van der Waals surface area contributed by atoms with Crippen molar-refractivity contribution in [3.8, 4) is 11.5 Å². The molecule has 1 saturated carbocycles. The van der Waals surface area contributed by atoms with Crippen LogP contribution in [0.5, 0.6) is 11.5 Å². The van der Waals surface area contributed by atoms with Crippen LogP contribution in [-0.2, 0) is 34.9 Å². The first-order chi connectivity index (χ1) is 24.5. The van der Waals surface area contributed by atoms with E-state index in [1.807, 2.05) is 0 Å². The van der Waals surface area contributed by atoms with Gasteiger partial charge in [0.15, 0.2) is 0 Å². The molecule has 0 spiro atoms. The summed E-state index contributed by atoms with van der Waals surface area (Å²) >= 11 is 0. The van der Waals surface area contributed by atoms with Gasteiger partial charge in [0.1, 0.15) is 11.5 Å². The number of nitrogens with one attached hydrogen (secondary N) is 2. The molecule has 1 aromatic carbocycles. The Balaban J connectivity index is 1.49. The van der Waals surface area contributed by atoms with Gasteiger partial charge in [0.25, 0.3) is 0 Å². The lowest BCUT2D eigenvalue weighted by Crippen LogP contribution is -2.51. The first kappa shape index (κ1) is 39.9. The molecule has 2 amide bonds. The number of benzene rings is 1. The van der Waals surface area contributed by atoms with Gasteiger partial charge in [-0.25, -0.2) is 0 Å². The molecule has 1 aliphatic carbocycles.